The molecule has 0 bridgehead atoms. The van der Waals surface area contributed by atoms with E-state index in [1.165, 1.54) is 0 Å². The van der Waals surface area contributed by atoms with Gasteiger partial charge in [-0.1, -0.05) is 44.5 Å². The molecule has 0 aromatic heterocycles. The van der Waals surface area contributed by atoms with Gasteiger partial charge in [-0.3, -0.25) is 19.8 Å². The van der Waals surface area contributed by atoms with Crippen LogP contribution >= 0.6 is 0 Å². The van der Waals surface area contributed by atoms with E-state index in [9.17, 15) is 14.4 Å². The van der Waals surface area contributed by atoms with E-state index in [1.807, 2.05) is 13.8 Å². The van der Waals surface area contributed by atoms with Gasteiger partial charge in [0.1, 0.15) is 11.9 Å². The standard InChI is InChI=1S/C19H30N6O3/c1-3-11(2)16(21)19(28)25-14(8-9-15(20)26)18(27)24-10-12-4-6-13(7-5-12)17(22)23/h4-7,11,14,16H,3,8-10,21H2,1-2H3,(H2,20,26)(H3,22,23)(H,24,27)(H,25,28). The third kappa shape index (κ3) is 7.36. The summed E-state index contributed by atoms with van der Waals surface area (Å²) >= 11 is 0. The van der Waals surface area contributed by atoms with Crippen molar-refractivity contribution in [2.24, 2.45) is 23.1 Å². The second kappa shape index (κ2) is 11.0. The van der Waals surface area contributed by atoms with E-state index in [-0.39, 0.29) is 31.1 Å². The van der Waals surface area contributed by atoms with Crippen LogP contribution in [0.2, 0.25) is 0 Å². The van der Waals surface area contributed by atoms with Gasteiger partial charge in [0.05, 0.1) is 6.04 Å². The van der Waals surface area contributed by atoms with Crippen LogP contribution in [0.15, 0.2) is 24.3 Å². The largest absolute Gasteiger partial charge is 0.384 e. The first kappa shape index (κ1) is 23.1. The van der Waals surface area contributed by atoms with Gasteiger partial charge in [-0.15, -0.1) is 0 Å². The summed E-state index contributed by atoms with van der Waals surface area (Å²) in [6, 6.07) is 5.20. The molecule has 0 aliphatic rings. The summed E-state index contributed by atoms with van der Waals surface area (Å²) in [5, 5.41) is 12.7. The molecule has 0 aliphatic carbocycles. The van der Waals surface area contributed by atoms with E-state index in [0.717, 1.165) is 12.0 Å². The van der Waals surface area contributed by atoms with Crippen molar-refractivity contribution in [3.05, 3.63) is 35.4 Å². The molecule has 9 N–H and O–H groups in total. The highest BCUT2D eigenvalue weighted by Gasteiger charge is 2.26. The van der Waals surface area contributed by atoms with Crippen molar-refractivity contribution in [3.8, 4) is 0 Å². The van der Waals surface area contributed by atoms with Crippen molar-refractivity contribution in [1.29, 1.82) is 5.41 Å². The Bertz CT molecular complexity index is 704. The van der Waals surface area contributed by atoms with Gasteiger partial charge in [0, 0.05) is 18.5 Å². The first-order valence-electron chi connectivity index (χ1n) is 9.21. The third-order valence-electron chi connectivity index (χ3n) is 4.60. The van der Waals surface area contributed by atoms with Gasteiger partial charge in [0.15, 0.2) is 0 Å². The summed E-state index contributed by atoms with van der Waals surface area (Å²) in [6.07, 6.45) is 0.774. The Morgan fingerprint density at radius 1 is 1.11 bits per heavy atom. The zero-order valence-corrected chi connectivity index (χ0v) is 16.3. The summed E-state index contributed by atoms with van der Waals surface area (Å²) in [4.78, 5) is 35.9. The highest BCUT2D eigenvalue weighted by Crippen LogP contribution is 2.08. The van der Waals surface area contributed by atoms with Crippen LogP contribution in [0.1, 0.15) is 44.2 Å². The first-order chi connectivity index (χ1) is 13.1. The Morgan fingerprint density at radius 3 is 2.21 bits per heavy atom. The molecule has 154 valence electrons. The van der Waals surface area contributed by atoms with Gasteiger partial charge in [-0.05, 0) is 17.9 Å². The molecule has 0 fully saturated rings. The Kier molecular flexibility index (Phi) is 9.10. The molecule has 0 heterocycles. The van der Waals surface area contributed by atoms with Crippen molar-refractivity contribution in [1.82, 2.24) is 10.6 Å². The number of carbonyl (C=O) groups is 3. The lowest BCUT2D eigenvalue weighted by Crippen LogP contribution is -2.53. The number of hydrogen-bond donors (Lipinski definition) is 6. The van der Waals surface area contributed by atoms with Crippen molar-refractivity contribution >= 4 is 23.6 Å². The van der Waals surface area contributed by atoms with Crippen LogP contribution in [0.5, 0.6) is 0 Å². The molecule has 0 radical (unpaired) electrons. The lowest BCUT2D eigenvalue weighted by molar-refractivity contribution is -0.130. The number of primary amides is 1. The van der Waals surface area contributed by atoms with Crippen molar-refractivity contribution in [2.45, 2.75) is 51.7 Å². The molecule has 3 unspecified atom stereocenters. The monoisotopic (exact) mass is 390 g/mol. The minimum atomic E-state index is -0.911. The van der Waals surface area contributed by atoms with Gasteiger partial charge in [-0.2, -0.15) is 0 Å². The Hall–Kier alpha value is -2.94. The summed E-state index contributed by atoms with van der Waals surface area (Å²) in [7, 11) is 0. The van der Waals surface area contributed by atoms with Crippen LogP contribution in [0, 0.1) is 11.3 Å². The van der Waals surface area contributed by atoms with Crippen molar-refractivity contribution < 1.29 is 14.4 Å². The molecular formula is C19H30N6O3. The van der Waals surface area contributed by atoms with Crippen LogP contribution in [-0.2, 0) is 20.9 Å². The lowest BCUT2D eigenvalue weighted by Gasteiger charge is -2.23. The number of benzene rings is 1. The number of nitrogen functional groups attached to an aromatic ring is 1. The van der Waals surface area contributed by atoms with Gasteiger partial charge in [-0.25, -0.2) is 0 Å². The van der Waals surface area contributed by atoms with E-state index >= 15 is 0 Å². The van der Waals surface area contributed by atoms with Gasteiger partial charge in [0.25, 0.3) is 0 Å². The zero-order valence-electron chi connectivity index (χ0n) is 16.3. The summed E-state index contributed by atoms with van der Waals surface area (Å²) in [5.41, 5.74) is 17.9. The average molecular weight is 390 g/mol. The SMILES string of the molecule is CCC(C)C(N)C(=O)NC(CCC(N)=O)C(=O)NCc1ccc(C(=N)N)cc1. The fourth-order valence-corrected chi connectivity index (χ4v) is 2.45. The maximum atomic E-state index is 12.5. The van der Waals surface area contributed by atoms with E-state index in [0.29, 0.717) is 5.56 Å². The fraction of sp³-hybridized carbons (Fsp3) is 0.474. The number of rotatable bonds is 11. The summed E-state index contributed by atoms with van der Waals surface area (Å²) < 4.78 is 0. The molecule has 28 heavy (non-hydrogen) atoms. The molecule has 1 aromatic rings. The van der Waals surface area contributed by atoms with E-state index < -0.39 is 29.8 Å². The molecule has 0 saturated carbocycles. The molecule has 0 aliphatic heterocycles. The molecule has 0 spiro atoms. The van der Waals surface area contributed by atoms with Crippen molar-refractivity contribution in [3.63, 3.8) is 0 Å². The van der Waals surface area contributed by atoms with Crippen LogP contribution in [0.25, 0.3) is 0 Å². The van der Waals surface area contributed by atoms with Crippen LogP contribution in [-0.4, -0.2) is 35.6 Å². The van der Waals surface area contributed by atoms with E-state index in [2.05, 4.69) is 10.6 Å². The molecule has 0 saturated heterocycles. The molecule has 3 atom stereocenters. The van der Waals surface area contributed by atoms with E-state index in [4.69, 9.17) is 22.6 Å². The Morgan fingerprint density at radius 2 is 1.71 bits per heavy atom. The van der Waals surface area contributed by atoms with Crippen LogP contribution < -0.4 is 27.8 Å². The van der Waals surface area contributed by atoms with Crippen LogP contribution in [0.4, 0.5) is 0 Å². The number of nitrogens with one attached hydrogen (secondary N) is 3. The van der Waals surface area contributed by atoms with Gasteiger partial charge in [0.2, 0.25) is 17.7 Å². The number of nitrogens with two attached hydrogens (primary N) is 3. The number of carbonyl (C=O) groups excluding carboxylic acids is 3. The quantitative estimate of drug-likeness (QED) is 0.224. The minimum absolute atomic E-state index is 0.0375. The highest BCUT2D eigenvalue weighted by atomic mass is 16.2. The average Bonchev–Trinajstić information content (AvgIpc) is 2.67. The van der Waals surface area contributed by atoms with E-state index in [1.54, 1.807) is 24.3 Å². The van der Waals surface area contributed by atoms with Crippen LogP contribution in [0.3, 0.4) is 0 Å². The lowest BCUT2D eigenvalue weighted by atomic mass is 9.98. The van der Waals surface area contributed by atoms with Gasteiger partial charge < -0.3 is 27.8 Å². The smallest absolute Gasteiger partial charge is 0.242 e. The summed E-state index contributed by atoms with van der Waals surface area (Å²) in [6.45, 7) is 4.00. The molecule has 1 aromatic carbocycles. The highest BCUT2D eigenvalue weighted by molar-refractivity contribution is 5.95. The molecule has 1 rings (SSSR count). The second-order valence-electron chi connectivity index (χ2n) is 6.81. The maximum Gasteiger partial charge on any atom is 0.242 e. The predicted octanol–water partition coefficient (Wildman–Crippen LogP) is -0.289. The summed E-state index contributed by atoms with van der Waals surface area (Å²) in [5.74, 6) is -1.51. The normalized spacial score (nSPS) is 13.8. The number of hydrogen-bond acceptors (Lipinski definition) is 5. The Labute approximate surface area is 164 Å². The maximum absolute atomic E-state index is 12.5. The molecule has 9 nitrogen and oxygen atoms in total. The molecular weight excluding hydrogens is 360 g/mol. The fourth-order valence-electron chi connectivity index (χ4n) is 2.45. The second-order valence-corrected chi connectivity index (χ2v) is 6.81. The number of amidine groups is 1. The minimum Gasteiger partial charge on any atom is -0.384 e. The number of amides is 3. The Balaban J connectivity index is 2.74. The predicted molar refractivity (Wildman–Crippen MR) is 107 cm³/mol. The zero-order chi connectivity index (χ0) is 21.3. The molecule has 3 amide bonds. The van der Waals surface area contributed by atoms with Gasteiger partial charge >= 0.3 is 0 Å². The topological polar surface area (TPSA) is 177 Å². The van der Waals surface area contributed by atoms with Crippen molar-refractivity contribution in [2.75, 3.05) is 0 Å². The first-order valence-corrected chi connectivity index (χ1v) is 9.21. The molecule has 9 heteroatoms. The third-order valence-corrected chi connectivity index (χ3v) is 4.60.